The second-order valence-electron chi connectivity index (χ2n) is 2.85. The molecule has 0 spiro atoms. The lowest BCUT2D eigenvalue weighted by Crippen LogP contribution is -2.10. The van der Waals surface area contributed by atoms with Crippen molar-refractivity contribution in [3.8, 4) is 5.88 Å². The fourth-order valence-corrected chi connectivity index (χ4v) is 1.22. The molecule has 0 saturated heterocycles. The number of hydrogen-bond acceptors (Lipinski definition) is 5. The summed E-state index contributed by atoms with van der Waals surface area (Å²) in [4.78, 5) is 0. The highest BCUT2D eigenvalue weighted by atomic mass is 16.5. The number of rotatable bonds is 3. The summed E-state index contributed by atoms with van der Waals surface area (Å²) in [5.74, 6) is 0.442. The van der Waals surface area contributed by atoms with Gasteiger partial charge in [0.25, 0.3) is 5.88 Å². The third-order valence-corrected chi connectivity index (χ3v) is 1.85. The molecule has 14 heavy (non-hydrogen) atoms. The van der Waals surface area contributed by atoms with Crippen molar-refractivity contribution in [3.63, 3.8) is 0 Å². The van der Waals surface area contributed by atoms with Crippen LogP contribution >= 0.6 is 0 Å². The molecule has 0 bridgehead atoms. The van der Waals surface area contributed by atoms with E-state index in [2.05, 4.69) is 5.16 Å². The highest BCUT2D eigenvalue weighted by Gasteiger charge is 2.10. The molecule has 1 aromatic heterocycles. The smallest absolute Gasteiger partial charge is 0.262 e. The average molecular weight is 193 g/mol. The van der Waals surface area contributed by atoms with Gasteiger partial charge in [0.05, 0.1) is 11.1 Å². The summed E-state index contributed by atoms with van der Waals surface area (Å²) in [6.07, 6.45) is 0. The summed E-state index contributed by atoms with van der Waals surface area (Å²) in [6, 6.07) is 5.42. The summed E-state index contributed by atoms with van der Waals surface area (Å²) in [5, 5.41) is 4.54. The fraction of sp³-hybridized carbons (Fsp3) is 0.222. The minimum atomic E-state index is 0.413. The maximum Gasteiger partial charge on any atom is 0.262 e. The molecular weight excluding hydrogens is 182 g/mol. The van der Waals surface area contributed by atoms with Gasteiger partial charge in [0.2, 0.25) is 0 Å². The minimum absolute atomic E-state index is 0.413. The van der Waals surface area contributed by atoms with Crippen molar-refractivity contribution >= 4 is 16.7 Å². The number of hydrogen-bond donors (Lipinski definition) is 2. The summed E-state index contributed by atoms with van der Waals surface area (Å²) < 4.78 is 10.3. The van der Waals surface area contributed by atoms with Crippen molar-refractivity contribution in [1.82, 2.24) is 5.16 Å². The first kappa shape index (κ1) is 8.83. The van der Waals surface area contributed by atoms with E-state index in [0.29, 0.717) is 30.3 Å². The van der Waals surface area contributed by atoms with Gasteiger partial charge in [0.15, 0.2) is 5.58 Å². The molecule has 2 aromatic rings. The molecule has 5 nitrogen and oxygen atoms in total. The van der Waals surface area contributed by atoms with Gasteiger partial charge in [-0.05, 0) is 17.3 Å². The second kappa shape index (κ2) is 3.55. The lowest BCUT2D eigenvalue weighted by molar-refractivity contribution is 0.293. The van der Waals surface area contributed by atoms with Crippen LogP contribution in [-0.4, -0.2) is 18.3 Å². The van der Waals surface area contributed by atoms with E-state index >= 15 is 0 Å². The van der Waals surface area contributed by atoms with Crippen molar-refractivity contribution in [3.05, 3.63) is 18.2 Å². The van der Waals surface area contributed by atoms with E-state index in [4.69, 9.17) is 20.7 Å². The van der Waals surface area contributed by atoms with Crippen molar-refractivity contribution in [2.75, 3.05) is 18.9 Å². The van der Waals surface area contributed by atoms with E-state index in [0.717, 1.165) is 5.39 Å². The Morgan fingerprint density at radius 3 is 3.07 bits per heavy atom. The van der Waals surface area contributed by atoms with Crippen molar-refractivity contribution < 1.29 is 9.26 Å². The highest BCUT2D eigenvalue weighted by Crippen LogP contribution is 2.28. The average Bonchev–Trinajstić information content (AvgIpc) is 2.60. The molecule has 0 atom stereocenters. The van der Waals surface area contributed by atoms with Crippen LogP contribution in [0.2, 0.25) is 0 Å². The minimum Gasteiger partial charge on any atom is -0.474 e. The maximum atomic E-state index is 5.68. The largest absolute Gasteiger partial charge is 0.474 e. The molecule has 0 fully saturated rings. The molecule has 0 radical (unpaired) electrons. The maximum absolute atomic E-state index is 5.68. The topological polar surface area (TPSA) is 87.3 Å². The summed E-state index contributed by atoms with van der Waals surface area (Å²) in [7, 11) is 0. The molecule has 0 unspecified atom stereocenters. The molecule has 2 rings (SSSR count). The van der Waals surface area contributed by atoms with Crippen LogP contribution in [0.15, 0.2) is 22.7 Å². The Kier molecular flexibility index (Phi) is 2.24. The monoisotopic (exact) mass is 193 g/mol. The molecular formula is C9H11N3O2. The van der Waals surface area contributed by atoms with Crippen molar-refractivity contribution in [1.29, 1.82) is 0 Å². The number of para-hydroxylation sites is 1. The van der Waals surface area contributed by atoms with Gasteiger partial charge in [-0.15, -0.1) is 0 Å². The van der Waals surface area contributed by atoms with Gasteiger partial charge < -0.3 is 20.7 Å². The van der Waals surface area contributed by atoms with Gasteiger partial charge in [-0.1, -0.05) is 6.07 Å². The van der Waals surface area contributed by atoms with Gasteiger partial charge in [-0.25, -0.2) is 0 Å². The molecule has 0 aliphatic rings. The lowest BCUT2D eigenvalue weighted by Gasteiger charge is -1.98. The predicted octanol–water partition coefficient (Wildman–Crippen LogP) is 0.747. The van der Waals surface area contributed by atoms with Gasteiger partial charge in [0.1, 0.15) is 6.61 Å². The number of ether oxygens (including phenoxy) is 1. The second-order valence-corrected chi connectivity index (χ2v) is 2.85. The van der Waals surface area contributed by atoms with E-state index in [9.17, 15) is 0 Å². The third-order valence-electron chi connectivity index (χ3n) is 1.85. The zero-order valence-corrected chi connectivity index (χ0v) is 7.56. The van der Waals surface area contributed by atoms with Crippen molar-refractivity contribution in [2.45, 2.75) is 0 Å². The van der Waals surface area contributed by atoms with E-state index < -0.39 is 0 Å². The van der Waals surface area contributed by atoms with Crippen molar-refractivity contribution in [2.24, 2.45) is 5.73 Å². The number of nitrogens with two attached hydrogens (primary N) is 2. The number of anilines is 1. The van der Waals surface area contributed by atoms with Gasteiger partial charge in [-0.3, -0.25) is 0 Å². The normalized spacial score (nSPS) is 10.6. The van der Waals surface area contributed by atoms with E-state index in [1.54, 1.807) is 6.07 Å². The van der Waals surface area contributed by atoms with Crippen LogP contribution in [-0.2, 0) is 0 Å². The number of aromatic nitrogens is 1. The molecule has 74 valence electrons. The summed E-state index contributed by atoms with van der Waals surface area (Å²) >= 11 is 0. The Labute approximate surface area is 80.6 Å². The van der Waals surface area contributed by atoms with E-state index in [1.807, 2.05) is 12.1 Å². The number of fused-ring (bicyclic) bond motifs is 1. The zero-order chi connectivity index (χ0) is 9.97. The molecule has 1 heterocycles. The molecule has 0 aliphatic carbocycles. The standard InChI is InChI=1S/C9H11N3O2/c10-4-5-13-9-6-2-1-3-7(11)8(6)14-12-9/h1-3H,4-5,10-11H2. The lowest BCUT2D eigenvalue weighted by atomic mass is 10.2. The zero-order valence-electron chi connectivity index (χ0n) is 7.56. The molecule has 4 N–H and O–H groups in total. The van der Waals surface area contributed by atoms with E-state index in [-0.39, 0.29) is 0 Å². The number of nitrogens with zero attached hydrogens (tertiary/aromatic N) is 1. The van der Waals surface area contributed by atoms with Gasteiger partial charge in [-0.2, -0.15) is 0 Å². The fourth-order valence-electron chi connectivity index (χ4n) is 1.22. The third kappa shape index (κ3) is 1.38. The molecule has 0 saturated carbocycles. The highest BCUT2D eigenvalue weighted by molar-refractivity contribution is 5.90. The predicted molar refractivity (Wildman–Crippen MR) is 53.0 cm³/mol. The number of benzene rings is 1. The van der Waals surface area contributed by atoms with Crippen LogP contribution < -0.4 is 16.2 Å². The first-order valence-corrected chi connectivity index (χ1v) is 4.29. The molecule has 1 aromatic carbocycles. The van der Waals surface area contributed by atoms with Gasteiger partial charge in [0, 0.05) is 6.54 Å². The number of nitrogen functional groups attached to an aromatic ring is 1. The summed E-state index contributed by atoms with van der Waals surface area (Å²) in [6.45, 7) is 0.854. The van der Waals surface area contributed by atoms with Crippen LogP contribution in [0, 0.1) is 0 Å². The van der Waals surface area contributed by atoms with Gasteiger partial charge >= 0.3 is 0 Å². The Morgan fingerprint density at radius 1 is 1.43 bits per heavy atom. The Balaban J connectivity index is 2.42. The van der Waals surface area contributed by atoms with Crippen LogP contribution in [0.3, 0.4) is 0 Å². The quantitative estimate of drug-likeness (QED) is 0.702. The van der Waals surface area contributed by atoms with E-state index in [1.165, 1.54) is 0 Å². The molecule has 5 heteroatoms. The van der Waals surface area contributed by atoms with Crippen LogP contribution in [0.4, 0.5) is 5.69 Å². The molecule has 0 amide bonds. The van der Waals surface area contributed by atoms with Crippen LogP contribution in [0.25, 0.3) is 11.0 Å². The first-order chi connectivity index (χ1) is 6.83. The first-order valence-electron chi connectivity index (χ1n) is 4.29. The Hall–Kier alpha value is -1.75. The summed E-state index contributed by atoms with van der Waals surface area (Å²) in [5.41, 5.74) is 12.1. The molecule has 0 aliphatic heterocycles. The van der Waals surface area contributed by atoms with Crippen LogP contribution in [0.5, 0.6) is 5.88 Å². The Bertz CT molecular complexity index is 439. The van der Waals surface area contributed by atoms with Crippen LogP contribution in [0.1, 0.15) is 0 Å². The Morgan fingerprint density at radius 2 is 2.29 bits per heavy atom. The SMILES string of the molecule is NCCOc1noc2c(N)cccc12.